The van der Waals surface area contributed by atoms with Crippen LogP contribution in [0.3, 0.4) is 0 Å². The van der Waals surface area contributed by atoms with Crippen molar-refractivity contribution in [1.82, 2.24) is 10.2 Å². The van der Waals surface area contributed by atoms with Gasteiger partial charge in [-0.15, -0.1) is 0 Å². The summed E-state index contributed by atoms with van der Waals surface area (Å²) in [5.41, 5.74) is -0.406. The van der Waals surface area contributed by atoms with Crippen molar-refractivity contribution < 1.29 is 43.4 Å². The number of likely N-dealkylation sites (N-methyl/N-ethyl adjacent to an activating group) is 1. The van der Waals surface area contributed by atoms with Gasteiger partial charge in [0.2, 0.25) is 17.5 Å². The molecule has 11 nitrogen and oxygen atoms in total. The van der Waals surface area contributed by atoms with Crippen molar-refractivity contribution in [3.8, 4) is 0 Å². The average Bonchev–Trinajstić information content (AvgIpc) is 3.41. The third-order valence-electron chi connectivity index (χ3n) is 14.6. The maximum Gasteiger partial charge on any atom is 0.302 e. The van der Waals surface area contributed by atoms with Crippen molar-refractivity contribution in [3.05, 3.63) is 0 Å². The molecule has 1 aliphatic heterocycles. The lowest BCUT2D eigenvalue weighted by atomic mass is 9.42. The van der Waals surface area contributed by atoms with E-state index in [0.717, 1.165) is 64.3 Å². The van der Waals surface area contributed by atoms with Gasteiger partial charge in [-0.2, -0.15) is 19.6 Å². The van der Waals surface area contributed by atoms with Crippen LogP contribution < -0.4 is 5.32 Å². The third kappa shape index (κ3) is 7.24. The topological polar surface area (TPSA) is 122 Å². The van der Waals surface area contributed by atoms with Gasteiger partial charge in [0.25, 0.3) is 0 Å². The Hall–Kier alpha value is -1.79. The fourth-order valence-corrected chi connectivity index (χ4v) is 11.7. The van der Waals surface area contributed by atoms with Crippen LogP contribution in [0, 0.1) is 52.3 Å². The highest BCUT2D eigenvalue weighted by atomic mass is 17.4. The van der Waals surface area contributed by atoms with Crippen molar-refractivity contribution in [3.63, 3.8) is 0 Å². The molecular formula is C39H64N2O9. The molecule has 50 heavy (non-hydrogen) atoms. The first kappa shape index (κ1) is 38.0. The van der Waals surface area contributed by atoms with Gasteiger partial charge in [-0.3, -0.25) is 14.4 Å². The molecule has 1 amide bonds. The molecule has 284 valence electrons. The summed E-state index contributed by atoms with van der Waals surface area (Å²) in [5.74, 6) is -0.444. The van der Waals surface area contributed by atoms with E-state index < -0.39 is 11.6 Å². The first-order chi connectivity index (χ1) is 23.6. The lowest BCUT2D eigenvalue weighted by molar-refractivity contribution is -0.665. The second kappa shape index (κ2) is 14.6. The normalized spacial score (nSPS) is 44.6. The number of rotatable bonds is 9. The number of ether oxygens (including phenoxy) is 2. The molecular weight excluding hydrogens is 640 g/mol. The lowest BCUT2D eigenvalue weighted by Crippen LogP contribution is -2.65. The maximum absolute atomic E-state index is 12.8. The molecule has 2 spiro atoms. The molecule has 0 aromatic carbocycles. The molecule has 10 atom stereocenters. The monoisotopic (exact) mass is 704 g/mol. The largest absolute Gasteiger partial charge is 0.462 e. The van der Waals surface area contributed by atoms with Crippen molar-refractivity contribution >= 4 is 17.8 Å². The molecule has 1 N–H and O–H groups in total. The molecule has 0 bridgehead atoms. The highest BCUT2D eigenvalue weighted by molar-refractivity contribution is 5.75. The highest BCUT2D eigenvalue weighted by Gasteiger charge is 2.69. The molecule has 1 saturated heterocycles. The Morgan fingerprint density at radius 2 is 1.52 bits per heavy atom. The van der Waals surface area contributed by atoms with Gasteiger partial charge in [0.05, 0.1) is 0 Å². The molecule has 5 saturated carbocycles. The average molecular weight is 705 g/mol. The summed E-state index contributed by atoms with van der Waals surface area (Å²) in [6.07, 6.45) is 9.68. The van der Waals surface area contributed by atoms with E-state index in [0.29, 0.717) is 38.1 Å². The number of hydrogen-bond donors (Lipinski definition) is 1. The molecule has 6 aliphatic rings. The Balaban J connectivity index is 1.22. The van der Waals surface area contributed by atoms with Gasteiger partial charge in [-0.05, 0) is 106 Å². The van der Waals surface area contributed by atoms with E-state index in [-0.39, 0.29) is 76.4 Å². The van der Waals surface area contributed by atoms with Gasteiger partial charge < -0.3 is 19.7 Å². The van der Waals surface area contributed by atoms with Crippen molar-refractivity contribution in [2.75, 3.05) is 27.2 Å². The summed E-state index contributed by atoms with van der Waals surface area (Å²) in [6, 6.07) is 0. The van der Waals surface area contributed by atoms with Gasteiger partial charge in [0, 0.05) is 70.4 Å². The van der Waals surface area contributed by atoms with E-state index >= 15 is 0 Å². The number of esters is 2. The predicted octanol–water partition coefficient (Wildman–Crippen LogP) is 6.34. The summed E-state index contributed by atoms with van der Waals surface area (Å²) in [6.45, 7) is 13.7. The minimum Gasteiger partial charge on any atom is -0.462 e. The fourth-order valence-electron chi connectivity index (χ4n) is 11.7. The number of hydrogen-bond acceptors (Lipinski definition) is 10. The smallest absolute Gasteiger partial charge is 0.302 e. The lowest BCUT2D eigenvalue weighted by Gasteiger charge is -2.65. The SMILES string of the molecule is CC(=O)O[C@H]1C[C@H]2[C@@H]([C@H](OC(C)=O)C[C@@H]3CC4(CC[C@@]32C)OOC2(CCC(C)CC2)OO4)[C@@H]2CC[C@H]([C@H](C)CCC(=O)NCCN(C)C)[C@@]12C. The molecule has 0 unspecified atom stereocenters. The zero-order valence-corrected chi connectivity index (χ0v) is 31.9. The fraction of sp³-hybridized carbons (Fsp3) is 0.923. The van der Waals surface area contributed by atoms with E-state index in [1.54, 1.807) is 0 Å². The number of nitrogens with one attached hydrogen (secondary N) is 1. The summed E-state index contributed by atoms with van der Waals surface area (Å²) in [4.78, 5) is 64.8. The number of nitrogens with zero attached hydrogens (tertiary/aromatic N) is 1. The summed E-state index contributed by atoms with van der Waals surface area (Å²) in [5, 5.41) is 3.06. The second-order valence-corrected chi connectivity index (χ2v) is 18.0. The Bertz CT molecular complexity index is 1240. The number of fused-ring (bicyclic) bond motifs is 5. The van der Waals surface area contributed by atoms with Crippen LogP contribution in [0.5, 0.6) is 0 Å². The van der Waals surface area contributed by atoms with Crippen LogP contribution in [0.15, 0.2) is 0 Å². The van der Waals surface area contributed by atoms with Crippen LogP contribution in [0.25, 0.3) is 0 Å². The van der Waals surface area contributed by atoms with E-state index in [9.17, 15) is 14.4 Å². The number of amides is 1. The molecule has 6 rings (SSSR count). The Morgan fingerprint density at radius 1 is 0.860 bits per heavy atom. The van der Waals surface area contributed by atoms with E-state index in [1.165, 1.54) is 13.8 Å². The van der Waals surface area contributed by atoms with Crippen molar-refractivity contribution in [1.29, 1.82) is 0 Å². The molecule has 0 aromatic heterocycles. The van der Waals surface area contributed by atoms with Crippen LogP contribution in [-0.4, -0.2) is 73.7 Å². The molecule has 5 aliphatic carbocycles. The molecule has 11 heteroatoms. The summed E-state index contributed by atoms with van der Waals surface area (Å²) in [7, 11) is 4.00. The number of carbonyl (C=O) groups excluding carboxylic acids is 3. The molecule has 6 fully saturated rings. The minimum atomic E-state index is -1.00. The Labute approximate surface area is 299 Å². The second-order valence-electron chi connectivity index (χ2n) is 18.0. The Kier molecular flexibility index (Phi) is 11.1. The van der Waals surface area contributed by atoms with Crippen LogP contribution in [0.4, 0.5) is 0 Å². The van der Waals surface area contributed by atoms with Crippen LogP contribution in [0.1, 0.15) is 125 Å². The first-order valence-electron chi connectivity index (χ1n) is 19.6. The maximum atomic E-state index is 12.8. The van der Waals surface area contributed by atoms with Crippen LogP contribution >= 0.6 is 0 Å². The quantitative estimate of drug-likeness (QED) is 0.215. The summed E-state index contributed by atoms with van der Waals surface area (Å²) < 4.78 is 12.6. The molecule has 1 heterocycles. The van der Waals surface area contributed by atoms with Gasteiger partial charge in [-0.1, -0.05) is 27.7 Å². The van der Waals surface area contributed by atoms with Gasteiger partial charge in [0.1, 0.15) is 12.2 Å². The van der Waals surface area contributed by atoms with Gasteiger partial charge in [0.15, 0.2) is 0 Å². The summed E-state index contributed by atoms with van der Waals surface area (Å²) >= 11 is 0. The van der Waals surface area contributed by atoms with E-state index in [2.05, 4.69) is 37.9 Å². The number of carbonyl (C=O) groups is 3. The van der Waals surface area contributed by atoms with Crippen LogP contribution in [-0.2, 0) is 43.4 Å². The molecule has 0 aromatic rings. The van der Waals surface area contributed by atoms with E-state index in [1.807, 2.05) is 14.1 Å². The standard InChI is InChI=1S/C39H64N2O9/c1-24-13-15-38(16-14-24)47-49-39(50-48-38)18-17-36(5)28(23-39)21-32(45-26(3)42)35-30-11-10-29(25(2)9-12-34(44)40-19-20-41(7)8)37(30,6)33(22-31(35)36)46-27(4)43/h24-25,28-33,35H,9-23H2,1-8H3,(H,40,44)/t24?,25-,28-,29-,30+,31+,32-,33+,35+,36+,37-,38?,39?/m1/s1. The van der Waals surface area contributed by atoms with Crippen molar-refractivity contribution in [2.45, 2.75) is 149 Å². The highest BCUT2D eigenvalue weighted by Crippen LogP contribution is 2.70. The van der Waals surface area contributed by atoms with Gasteiger partial charge >= 0.3 is 11.9 Å². The minimum absolute atomic E-state index is 0.0834. The van der Waals surface area contributed by atoms with E-state index in [4.69, 9.17) is 29.0 Å². The zero-order chi connectivity index (χ0) is 36.1. The Morgan fingerprint density at radius 3 is 2.16 bits per heavy atom. The third-order valence-corrected chi connectivity index (χ3v) is 14.6. The van der Waals surface area contributed by atoms with Gasteiger partial charge in [-0.25, -0.2) is 0 Å². The first-order valence-corrected chi connectivity index (χ1v) is 19.6. The van der Waals surface area contributed by atoms with Crippen LogP contribution in [0.2, 0.25) is 0 Å². The zero-order valence-electron chi connectivity index (χ0n) is 31.9. The van der Waals surface area contributed by atoms with Crippen molar-refractivity contribution in [2.24, 2.45) is 52.3 Å². The molecule has 0 radical (unpaired) electrons. The predicted molar refractivity (Wildman–Crippen MR) is 184 cm³/mol.